The molecule has 0 aliphatic heterocycles. The van der Waals surface area contributed by atoms with Crippen LogP contribution in [0.3, 0.4) is 0 Å². The summed E-state index contributed by atoms with van der Waals surface area (Å²) in [6.45, 7) is 1.86. The van der Waals surface area contributed by atoms with E-state index >= 15 is 0 Å². The van der Waals surface area contributed by atoms with Crippen molar-refractivity contribution in [1.29, 1.82) is 5.26 Å². The first-order chi connectivity index (χ1) is 13.6. The lowest BCUT2D eigenvalue weighted by molar-refractivity contribution is 0.131. The molecule has 0 bridgehead atoms. The van der Waals surface area contributed by atoms with Crippen LogP contribution in [0.4, 0.5) is 4.79 Å². The Balaban J connectivity index is 1.43. The van der Waals surface area contributed by atoms with Crippen LogP contribution in [0.25, 0.3) is 11.1 Å². The van der Waals surface area contributed by atoms with Crippen molar-refractivity contribution in [3.8, 4) is 6.07 Å². The molecule has 1 amide bonds. The van der Waals surface area contributed by atoms with Crippen LogP contribution in [-0.4, -0.2) is 22.4 Å². The molecular weight excluding hydrogens is 374 g/mol. The Morgan fingerprint density at radius 3 is 2.75 bits per heavy atom. The predicted octanol–water partition coefficient (Wildman–Crippen LogP) is 4.91. The van der Waals surface area contributed by atoms with Crippen LogP contribution >= 0.6 is 11.8 Å². The fraction of sp³-hybridized carbons (Fsp3) is 0.286. The molecule has 1 unspecified atom stereocenters. The second-order valence-electron chi connectivity index (χ2n) is 6.53. The SMILES string of the molecule is CC(C#N)(CCCSc1nc2ccccc2o1)NC(=O)OCc1ccccc1. The Hall–Kier alpha value is -2.98. The summed E-state index contributed by atoms with van der Waals surface area (Å²) in [7, 11) is 0. The summed E-state index contributed by atoms with van der Waals surface area (Å²) in [5, 5.41) is 12.7. The van der Waals surface area contributed by atoms with Gasteiger partial charge in [-0.1, -0.05) is 54.2 Å². The number of para-hydroxylation sites is 2. The van der Waals surface area contributed by atoms with Gasteiger partial charge in [0.15, 0.2) is 5.58 Å². The van der Waals surface area contributed by atoms with Gasteiger partial charge in [0.2, 0.25) is 0 Å². The number of thioether (sulfide) groups is 1. The lowest BCUT2D eigenvalue weighted by atomic mass is 9.99. The molecule has 0 saturated carbocycles. The maximum Gasteiger partial charge on any atom is 0.408 e. The van der Waals surface area contributed by atoms with Gasteiger partial charge in [-0.05, 0) is 37.5 Å². The highest BCUT2D eigenvalue weighted by Crippen LogP contribution is 2.25. The summed E-state index contributed by atoms with van der Waals surface area (Å²) in [6, 6.07) is 19.2. The standard InChI is InChI=1S/C21H21N3O3S/c1-21(15-22,24-19(25)26-14-16-8-3-2-4-9-16)12-7-13-28-20-23-17-10-5-6-11-18(17)27-20/h2-6,8-11H,7,12-14H2,1H3,(H,24,25). The molecule has 0 spiro atoms. The summed E-state index contributed by atoms with van der Waals surface area (Å²) in [5.41, 5.74) is 1.49. The first-order valence-corrected chi connectivity index (χ1v) is 9.95. The minimum Gasteiger partial charge on any atom is -0.445 e. The van der Waals surface area contributed by atoms with Crippen molar-refractivity contribution in [1.82, 2.24) is 10.3 Å². The predicted molar refractivity (Wildman–Crippen MR) is 108 cm³/mol. The Morgan fingerprint density at radius 1 is 1.25 bits per heavy atom. The number of rotatable bonds is 8. The molecule has 6 nitrogen and oxygen atoms in total. The van der Waals surface area contributed by atoms with E-state index < -0.39 is 11.6 Å². The van der Waals surface area contributed by atoms with E-state index in [1.807, 2.05) is 54.6 Å². The van der Waals surface area contributed by atoms with Crippen molar-refractivity contribution >= 4 is 29.0 Å². The molecule has 0 aliphatic carbocycles. The van der Waals surface area contributed by atoms with E-state index in [4.69, 9.17) is 9.15 Å². The Labute approximate surface area is 167 Å². The van der Waals surface area contributed by atoms with Crippen LogP contribution in [-0.2, 0) is 11.3 Å². The number of nitriles is 1. The van der Waals surface area contributed by atoms with E-state index in [-0.39, 0.29) is 6.61 Å². The average molecular weight is 395 g/mol. The quantitative estimate of drug-likeness (QED) is 0.431. The van der Waals surface area contributed by atoms with Gasteiger partial charge in [0, 0.05) is 5.75 Å². The van der Waals surface area contributed by atoms with Gasteiger partial charge in [-0.15, -0.1) is 0 Å². The molecule has 1 aromatic heterocycles. The van der Waals surface area contributed by atoms with Gasteiger partial charge in [0.25, 0.3) is 5.22 Å². The van der Waals surface area contributed by atoms with E-state index in [2.05, 4.69) is 16.4 Å². The molecule has 1 atom stereocenters. The number of alkyl carbamates (subject to hydrolysis) is 1. The second-order valence-corrected chi connectivity index (χ2v) is 7.58. The van der Waals surface area contributed by atoms with E-state index in [9.17, 15) is 10.1 Å². The number of nitrogens with one attached hydrogen (secondary N) is 1. The topological polar surface area (TPSA) is 88.2 Å². The van der Waals surface area contributed by atoms with E-state index in [0.717, 1.165) is 22.4 Å². The van der Waals surface area contributed by atoms with E-state index in [1.165, 1.54) is 11.8 Å². The van der Waals surface area contributed by atoms with E-state index in [1.54, 1.807) is 6.92 Å². The highest BCUT2D eigenvalue weighted by molar-refractivity contribution is 7.99. The summed E-state index contributed by atoms with van der Waals surface area (Å²) in [6.07, 6.45) is 0.614. The fourth-order valence-corrected chi connectivity index (χ4v) is 3.40. The number of amides is 1. The third-order valence-electron chi connectivity index (χ3n) is 4.16. The first-order valence-electron chi connectivity index (χ1n) is 8.96. The molecule has 3 aromatic rings. The average Bonchev–Trinajstić information content (AvgIpc) is 3.13. The van der Waals surface area contributed by atoms with Crippen LogP contribution < -0.4 is 5.32 Å². The zero-order chi connectivity index (χ0) is 19.8. The molecule has 144 valence electrons. The minimum absolute atomic E-state index is 0.168. The van der Waals surface area contributed by atoms with Crippen LogP contribution in [0.15, 0.2) is 64.2 Å². The lowest BCUT2D eigenvalue weighted by Crippen LogP contribution is -2.45. The fourth-order valence-electron chi connectivity index (χ4n) is 2.63. The van der Waals surface area contributed by atoms with Crippen molar-refractivity contribution in [2.24, 2.45) is 0 Å². The molecule has 7 heteroatoms. The number of nitrogens with zero attached hydrogens (tertiary/aromatic N) is 2. The number of ether oxygens (including phenoxy) is 1. The monoisotopic (exact) mass is 395 g/mol. The Kier molecular flexibility index (Phi) is 6.56. The zero-order valence-corrected chi connectivity index (χ0v) is 16.4. The van der Waals surface area contributed by atoms with Crippen molar-refractivity contribution in [3.05, 3.63) is 60.2 Å². The van der Waals surface area contributed by atoms with Crippen molar-refractivity contribution < 1.29 is 13.9 Å². The number of hydrogen-bond donors (Lipinski definition) is 1. The normalized spacial score (nSPS) is 12.9. The first kappa shape index (κ1) is 19.8. The molecular formula is C21H21N3O3S. The smallest absolute Gasteiger partial charge is 0.408 e. The van der Waals surface area contributed by atoms with Gasteiger partial charge < -0.3 is 14.5 Å². The maximum atomic E-state index is 12.0. The van der Waals surface area contributed by atoms with Crippen LogP contribution in [0.2, 0.25) is 0 Å². The van der Waals surface area contributed by atoms with Gasteiger partial charge in [-0.3, -0.25) is 0 Å². The highest BCUT2D eigenvalue weighted by atomic mass is 32.2. The zero-order valence-electron chi connectivity index (χ0n) is 15.6. The molecule has 0 saturated heterocycles. The second kappa shape index (κ2) is 9.29. The van der Waals surface area contributed by atoms with Gasteiger partial charge in [-0.25, -0.2) is 9.78 Å². The molecule has 1 N–H and O–H groups in total. The molecule has 0 fully saturated rings. The van der Waals surface area contributed by atoms with Crippen LogP contribution in [0, 0.1) is 11.3 Å². The third-order valence-corrected chi connectivity index (χ3v) is 5.07. The molecule has 1 heterocycles. The summed E-state index contributed by atoms with van der Waals surface area (Å²) >= 11 is 1.49. The molecule has 0 radical (unpaired) electrons. The number of benzene rings is 2. The molecule has 2 aromatic carbocycles. The third kappa shape index (κ3) is 5.51. The molecule has 3 rings (SSSR count). The van der Waals surface area contributed by atoms with Gasteiger partial charge in [0.05, 0.1) is 6.07 Å². The number of carbonyl (C=O) groups excluding carboxylic acids is 1. The summed E-state index contributed by atoms with van der Waals surface area (Å²) in [5.74, 6) is 0.727. The van der Waals surface area contributed by atoms with Crippen molar-refractivity contribution in [3.63, 3.8) is 0 Å². The highest BCUT2D eigenvalue weighted by Gasteiger charge is 2.26. The van der Waals surface area contributed by atoms with Crippen LogP contribution in [0.5, 0.6) is 0 Å². The molecule has 28 heavy (non-hydrogen) atoms. The van der Waals surface area contributed by atoms with Crippen LogP contribution in [0.1, 0.15) is 25.3 Å². The van der Waals surface area contributed by atoms with E-state index in [0.29, 0.717) is 18.1 Å². The maximum absolute atomic E-state index is 12.0. The van der Waals surface area contributed by atoms with Gasteiger partial charge >= 0.3 is 6.09 Å². The largest absolute Gasteiger partial charge is 0.445 e. The van der Waals surface area contributed by atoms with Gasteiger partial charge in [-0.2, -0.15) is 5.26 Å². The van der Waals surface area contributed by atoms with Crippen molar-refractivity contribution in [2.75, 3.05) is 5.75 Å². The Morgan fingerprint density at radius 2 is 2.00 bits per heavy atom. The number of oxazole rings is 1. The van der Waals surface area contributed by atoms with Crippen molar-refractivity contribution in [2.45, 2.75) is 37.1 Å². The number of hydrogen-bond acceptors (Lipinski definition) is 6. The summed E-state index contributed by atoms with van der Waals surface area (Å²) in [4.78, 5) is 16.4. The minimum atomic E-state index is -0.990. The lowest BCUT2D eigenvalue weighted by Gasteiger charge is -2.22. The number of fused-ring (bicyclic) bond motifs is 1. The Bertz CT molecular complexity index is 935. The number of aromatic nitrogens is 1. The van der Waals surface area contributed by atoms with Gasteiger partial charge in [0.1, 0.15) is 17.7 Å². The summed E-state index contributed by atoms with van der Waals surface area (Å²) < 4.78 is 10.9. The molecule has 0 aliphatic rings. The number of carbonyl (C=O) groups is 1.